The minimum absolute atomic E-state index is 0.0805. The number of ether oxygens (including phenoxy) is 2. The molecule has 0 aliphatic carbocycles. The molecule has 0 spiro atoms. The van der Waals surface area contributed by atoms with Crippen molar-refractivity contribution in [2.75, 3.05) is 55.7 Å². The van der Waals surface area contributed by atoms with E-state index in [1.165, 1.54) is 11.0 Å². The molecule has 14 heteroatoms. The first kappa shape index (κ1) is 29.6. The Kier molecular flexibility index (Phi) is 8.93. The third-order valence-corrected chi connectivity index (χ3v) is 7.28. The van der Waals surface area contributed by atoms with Crippen LogP contribution in [0.5, 0.6) is 0 Å². The largest absolute Gasteiger partial charge is 0.450 e. The second-order valence-electron chi connectivity index (χ2n) is 10.4. The van der Waals surface area contributed by atoms with Gasteiger partial charge in [-0.25, -0.2) is 19.0 Å². The minimum atomic E-state index is -0.763. The van der Waals surface area contributed by atoms with Crippen LogP contribution in [0.4, 0.5) is 25.4 Å². The van der Waals surface area contributed by atoms with Gasteiger partial charge in [-0.05, 0) is 43.7 Å². The van der Waals surface area contributed by atoms with E-state index < -0.39 is 36.1 Å². The second kappa shape index (κ2) is 13.0. The Bertz CT molecular complexity index is 1470. The maximum absolute atomic E-state index is 15.2. The molecule has 3 aromatic rings. The normalized spacial score (nSPS) is 17.5. The average molecular weight is 596 g/mol. The molecule has 2 aliphatic heterocycles. The van der Waals surface area contributed by atoms with Crippen LogP contribution in [0.3, 0.4) is 0 Å². The fourth-order valence-electron chi connectivity index (χ4n) is 5.02. The molecule has 2 atom stereocenters. The lowest BCUT2D eigenvalue weighted by molar-refractivity contribution is -0.133. The van der Waals surface area contributed by atoms with Crippen LogP contribution in [0.1, 0.15) is 30.8 Å². The van der Waals surface area contributed by atoms with Crippen LogP contribution >= 0.6 is 0 Å². The molecule has 43 heavy (non-hydrogen) atoms. The van der Waals surface area contributed by atoms with Crippen LogP contribution in [-0.2, 0) is 14.3 Å². The van der Waals surface area contributed by atoms with Crippen LogP contribution in [0.25, 0.3) is 5.65 Å². The van der Waals surface area contributed by atoms with Gasteiger partial charge in [0.15, 0.2) is 0 Å². The molecule has 2 fully saturated rings. The zero-order valence-corrected chi connectivity index (χ0v) is 24.0. The van der Waals surface area contributed by atoms with Gasteiger partial charge in [-0.1, -0.05) is 13.0 Å². The number of nitrogens with one attached hydrogen (secondary N) is 2. The number of imidazole rings is 1. The number of hydrogen-bond donors (Lipinski definition) is 2. The Morgan fingerprint density at radius 2 is 1.95 bits per heavy atom. The number of piperazine rings is 1. The average Bonchev–Trinajstić information content (AvgIpc) is 3.62. The Morgan fingerprint density at radius 3 is 2.67 bits per heavy atom. The molecule has 13 nitrogen and oxygen atoms in total. The summed E-state index contributed by atoms with van der Waals surface area (Å²) < 4.78 is 27.2. The molecule has 1 aromatic carbocycles. The highest BCUT2D eigenvalue weighted by atomic mass is 19.1. The van der Waals surface area contributed by atoms with Crippen molar-refractivity contribution < 1.29 is 33.0 Å². The summed E-state index contributed by atoms with van der Waals surface area (Å²) in [5.41, 5.74) is 1.54. The van der Waals surface area contributed by atoms with Crippen molar-refractivity contribution in [3.8, 4) is 0 Å². The zero-order valence-electron chi connectivity index (χ0n) is 24.0. The van der Waals surface area contributed by atoms with E-state index in [0.717, 1.165) is 0 Å². The molecule has 2 aromatic heterocycles. The number of carbonyl (C=O) groups is 4. The Hall–Kier alpha value is -4.88. The first-order valence-corrected chi connectivity index (χ1v) is 14.2. The molecular formula is C29H34FN7O6. The van der Waals surface area contributed by atoms with E-state index in [4.69, 9.17) is 9.47 Å². The van der Waals surface area contributed by atoms with Gasteiger partial charge in [0.05, 0.1) is 31.1 Å². The zero-order chi connectivity index (χ0) is 30.5. The molecule has 4 heterocycles. The van der Waals surface area contributed by atoms with Crippen molar-refractivity contribution in [3.05, 3.63) is 60.3 Å². The molecule has 2 N–H and O–H groups in total. The monoisotopic (exact) mass is 595 g/mol. The number of amides is 4. The number of hydrogen-bond acceptors (Lipinski definition) is 8. The van der Waals surface area contributed by atoms with E-state index >= 15 is 4.39 Å². The predicted molar refractivity (Wildman–Crippen MR) is 155 cm³/mol. The first-order valence-electron chi connectivity index (χ1n) is 14.2. The lowest BCUT2D eigenvalue weighted by Gasteiger charge is -2.37. The maximum Gasteiger partial charge on any atom is 0.414 e. The molecule has 228 valence electrons. The van der Waals surface area contributed by atoms with Crippen LogP contribution in [0, 0.1) is 5.82 Å². The van der Waals surface area contributed by atoms with Crippen molar-refractivity contribution in [3.63, 3.8) is 0 Å². The smallest absolute Gasteiger partial charge is 0.414 e. The van der Waals surface area contributed by atoms with Crippen molar-refractivity contribution in [1.29, 1.82) is 0 Å². The van der Waals surface area contributed by atoms with Gasteiger partial charge in [-0.15, -0.1) is 0 Å². The third-order valence-electron chi connectivity index (χ3n) is 7.28. The van der Waals surface area contributed by atoms with E-state index in [0.29, 0.717) is 56.2 Å². The number of anilines is 2. The SMILES string of the molecule is CCCOC(=O)NCC1CN(c2ccc(N3CCN(C(=O)[C@H](C)NC(=O)c4cn5ccccc5n4)CC3)c(F)c2)C(=O)O1. The molecular weight excluding hydrogens is 561 g/mol. The number of cyclic esters (lactones) is 1. The van der Waals surface area contributed by atoms with Gasteiger partial charge in [0.25, 0.3) is 5.91 Å². The summed E-state index contributed by atoms with van der Waals surface area (Å²) in [5.74, 6) is -1.19. The van der Waals surface area contributed by atoms with Crippen molar-refractivity contribution >= 4 is 41.0 Å². The highest BCUT2D eigenvalue weighted by molar-refractivity contribution is 5.96. The van der Waals surface area contributed by atoms with Gasteiger partial charge < -0.3 is 34.3 Å². The summed E-state index contributed by atoms with van der Waals surface area (Å²) >= 11 is 0. The number of carbonyl (C=O) groups excluding carboxylic acids is 4. The van der Waals surface area contributed by atoms with Crippen molar-refractivity contribution in [1.82, 2.24) is 24.9 Å². The molecule has 2 saturated heterocycles. The standard InChI is InChI=1S/C29H34FN7O6/c1-3-14-42-28(40)31-16-21-17-37(29(41)43-21)20-7-8-24(22(30)15-20)34-10-12-35(13-11-34)27(39)19(2)32-26(38)23-18-36-9-5-4-6-25(36)33-23/h4-9,15,18-19,21H,3,10-14,16-17H2,1-2H3,(H,31,40)(H,32,38)/t19-,21?/m0/s1. The van der Waals surface area contributed by atoms with Crippen LogP contribution < -0.4 is 20.4 Å². The van der Waals surface area contributed by atoms with Gasteiger partial charge in [-0.3, -0.25) is 14.5 Å². The van der Waals surface area contributed by atoms with E-state index in [1.54, 1.807) is 46.8 Å². The molecule has 0 saturated carbocycles. The number of aromatic nitrogens is 2. The van der Waals surface area contributed by atoms with E-state index in [1.807, 2.05) is 24.0 Å². The third kappa shape index (κ3) is 6.79. The molecule has 4 amide bonds. The van der Waals surface area contributed by atoms with E-state index in [2.05, 4.69) is 15.6 Å². The van der Waals surface area contributed by atoms with Crippen molar-refractivity contribution in [2.45, 2.75) is 32.4 Å². The molecule has 0 radical (unpaired) electrons. The molecule has 1 unspecified atom stereocenters. The lowest BCUT2D eigenvalue weighted by Crippen LogP contribution is -2.54. The summed E-state index contributed by atoms with van der Waals surface area (Å²) in [7, 11) is 0. The number of alkyl carbamates (subject to hydrolysis) is 1. The van der Waals surface area contributed by atoms with Crippen molar-refractivity contribution in [2.24, 2.45) is 0 Å². The summed E-state index contributed by atoms with van der Waals surface area (Å²) in [6.07, 6.45) is 2.27. The number of rotatable bonds is 9. The van der Waals surface area contributed by atoms with Crippen LogP contribution in [0.15, 0.2) is 48.8 Å². The second-order valence-corrected chi connectivity index (χ2v) is 10.4. The van der Waals surface area contributed by atoms with Crippen LogP contribution in [-0.4, -0.2) is 96.3 Å². The van der Waals surface area contributed by atoms with Gasteiger partial charge in [-0.2, -0.15) is 0 Å². The quantitative estimate of drug-likeness (QED) is 0.385. The van der Waals surface area contributed by atoms with E-state index in [9.17, 15) is 19.2 Å². The molecule has 0 bridgehead atoms. The number of benzene rings is 1. The topological polar surface area (TPSA) is 138 Å². The lowest BCUT2D eigenvalue weighted by atomic mass is 10.2. The van der Waals surface area contributed by atoms with Gasteiger partial charge >= 0.3 is 12.2 Å². The highest BCUT2D eigenvalue weighted by Gasteiger charge is 2.34. The first-order chi connectivity index (χ1) is 20.7. The highest BCUT2D eigenvalue weighted by Crippen LogP contribution is 2.28. The number of nitrogens with zero attached hydrogens (tertiary/aromatic N) is 5. The summed E-state index contributed by atoms with van der Waals surface area (Å²) in [6.45, 7) is 5.52. The summed E-state index contributed by atoms with van der Waals surface area (Å²) in [4.78, 5) is 58.9. The van der Waals surface area contributed by atoms with Gasteiger partial charge in [0.2, 0.25) is 5.91 Å². The molecule has 5 rings (SSSR count). The Labute approximate surface area is 247 Å². The Morgan fingerprint density at radius 1 is 1.16 bits per heavy atom. The number of pyridine rings is 1. The fourth-order valence-corrected chi connectivity index (χ4v) is 5.02. The fraction of sp³-hybridized carbons (Fsp3) is 0.414. The minimum Gasteiger partial charge on any atom is -0.450 e. The van der Waals surface area contributed by atoms with Gasteiger partial charge in [0.1, 0.15) is 29.3 Å². The number of halogens is 1. The Balaban J connectivity index is 1.11. The van der Waals surface area contributed by atoms with Gasteiger partial charge in [0, 0.05) is 38.6 Å². The maximum atomic E-state index is 15.2. The summed E-state index contributed by atoms with van der Waals surface area (Å²) in [5, 5.41) is 5.28. The summed E-state index contributed by atoms with van der Waals surface area (Å²) in [6, 6.07) is 9.19. The van der Waals surface area contributed by atoms with E-state index in [-0.39, 0.29) is 24.7 Å². The predicted octanol–water partition coefficient (Wildman–Crippen LogP) is 2.40. The number of fused-ring (bicyclic) bond motifs is 1. The van der Waals surface area contributed by atoms with Crippen LogP contribution in [0.2, 0.25) is 0 Å². The molecule has 2 aliphatic rings.